The molecule has 0 saturated heterocycles. The highest BCUT2D eigenvalue weighted by Gasteiger charge is 2.09. The Morgan fingerprint density at radius 2 is 2.25 bits per heavy atom. The van der Waals surface area contributed by atoms with Crippen LogP contribution in [0.4, 0.5) is 4.39 Å². The van der Waals surface area contributed by atoms with Gasteiger partial charge in [-0.2, -0.15) is 0 Å². The second-order valence-corrected chi connectivity index (χ2v) is 3.29. The standard InChI is InChI=1S/C11H12FN3O/c1-3-15-7-13-14-11(15)8-4-5-10(16-2)9(12)6-8/h4-7H,3H2,1-2H3. The first-order chi connectivity index (χ1) is 7.76. The average Bonchev–Trinajstić information content (AvgIpc) is 2.77. The molecule has 2 rings (SSSR count). The third kappa shape index (κ3) is 1.76. The van der Waals surface area contributed by atoms with E-state index in [1.165, 1.54) is 13.2 Å². The molecule has 0 fully saturated rings. The molecule has 0 amide bonds. The summed E-state index contributed by atoms with van der Waals surface area (Å²) in [6, 6.07) is 4.74. The number of hydrogen-bond acceptors (Lipinski definition) is 3. The number of aromatic nitrogens is 3. The molecule has 1 heterocycles. The molecular weight excluding hydrogens is 209 g/mol. The lowest BCUT2D eigenvalue weighted by atomic mass is 10.2. The summed E-state index contributed by atoms with van der Waals surface area (Å²) in [6.45, 7) is 2.72. The Balaban J connectivity index is 2.45. The van der Waals surface area contributed by atoms with E-state index < -0.39 is 5.82 Å². The van der Waals surface area contributed by atoms with Gasteiger partial charge in [0.2, 0.25) is 0 Å². The Hall–Kier alpha value is -1.91. The molecular formula is C11H12FN3O. The zero-order chi connectivity index (χ0) is 11.5. The molecule has 84 valence electrons. The van der Waals surface area contributed by atoms with Crippen molar-refractivity contribution >= 4 is 0 Å². The predicted molar refractivity (Wildman–Crippen MR) is 57.6 cm³/mol. The minimum absolute atomic E-state index is 0.228. The molecule has 0 N–H and O–H groups in total. The van der Waals surface area contributed by atoms with Crippen LogP contribution in [0.1, 0.15) is 6.92 Å². The van der Waals surface area contributed by atoms with Crippen molar-refractivity contribution in [2.75, 3.05) is 7.11 Å². The van der Waals surface area contributed by atoms with E-state index in [2.05, 4.69) is 10.2 Å². The number of aryl methyl sites for hydroxylation is 1. The number of rotatable bonds is 3. The number of benzene rings is 1. The van der Waals surface area contributed by atoms with E-state index in [0.717, 1.165) is 6.54 Å². The first kappa shape index (κ1) is 10.6. The third-order valence-electron chi connectivity index (χ3n) is 2.37. The van der Waals surface area contributed by atoms with Crippen LogP contribution >= 0.6 is 0 Å². The lowest BCUT2D eigenvalue weighted by molar-refractivity contribution is 0.386. The summed E-state index contributed by atoms with van der Waals surface area (Å²) in [6.07, 6.45) is 1.62. The molecule has 5 heteroatoms. The van der Waals surface area contributed by atoms with E-state index in [1.807, 2.05) is 11.5 Å². The van der Waals surface area contributed by atoms with Crippen LogP contribution in [0.25, 0.3) is 11.4 Å². The number of methoxy groups -OCH3 is 1. The van der Waals surface area contributed by atoms with Crippen molar-refractivity contribution in [3.8, 4) is 17.1 Å². The molecule has 0 radical (unpaired) electrons. The van der Waals surface area contributed by atoms with E-state index in [-0.39, 0.29) is 5.75 Å². The van der Waals surface area contributed by atoms with Gasteiger partial charge in [0, 0.05) is 12.1 Å². The second-order valence-electron chi connectivity index (χ2n) is 3.29. The molecule has 0 aliphatic rings. The van der Waals surface area contributed by atoms with Crippen LogP contribution in [0.15, 0.2) is 24.5 Å². The van der Waals surface area contributed by atoms with Crippen LogP contribution in [0.2, 0.25) is 0 Å². The molecule has 16 heavy (non-hydrogen) atoms. The fraction of sp³-hybridized carbons (Fsp3) is 0.273. The second kappa shape index (κ2) is 4.30. The number of nitrogens with zero attached hydrogens (tertiary/aromatic N) is 3. The molecule has 0 bridgehead atoms. The van der Waals surface area contributed by atoms with Gasteiger partial charge in [-0.3, -0.25) is 0 Å². The highest BCUT2D eigenvalue weighted by molar-refractivity contribution is 5.56. The van der Waals surface area contributed by atoms with Crippen LogP contribution in [0.5, 0.6) is 5.75 Å². The average molecular weight is 221 g/mol. The molecule has 4 nitrogen and oxygen atoms in total. The Kier molecular flexibility index (Phi) is 2.85. The molecule has 0 aliphatic carbocycles. The van der Waals surface area contributed by atoms with Crippen molar-refractivity contribution in [2.45, 2.75) is 13.5 Å². The van der Waals surface area contributed by atoms with Crippen molar-refractivity contribution < 1.29 is 9.13 Å². The highest BCUT2D eigenvalue weighted by Crippen LogP contribution is 2.23. The molecule has 1 aromatic carbocycles. The zero-order valence-electron chi connectivity index (χ0n) is 9.14. The largest absolute Gasteiger partial charge is 0.494 e. The van der Waals surface area contributed by atoms with Crippen molar-refractivity contribution in [1.29, 1.82) is 0 Å². The maximum absolute atomic E-state index is 13.5. The van der Waals surface area contributed by atoms with Gasteiger partial charge in [-0.05, 0) is 25.1 Å². The fourth-order valence-electron chi connectivity index (χ4n) is 1.52. The lowest BCUT2D eigenvalue weighted by Crippen LogP contribution is -1.97. The predicted octanol–water partition coefficient (Wildman–Crippen LogP) is 2.11. The summed E-state index contributed by atoms with van der Waals surface area (Å²) in [5.74, 6) is 0.487. The van der Waals surface area contributed by atoms with Gasteiger partial charge in [-0.25, -0.2) is 4.39 Å². The molecule has 0 aliphatic heterocycles. The van der Waals surface area contributed by atoms with Crippen LogP contribution in [0, 0.1) is 5.82 Å². The SMILES string of the molecule is CCn1cnnc1-c1ccc(OC)c(F)c1. The van der Waals surface area contributed by atoms with Gasteiger partial charge < -0.3 is 9.30 Å². The van der Waals surface area contributed by atoms with Gasteiger partial charge in [0.15, 0.2) is 17.4 Å². The zero-order valence-corrected chi connectivity index (χ0v) is 9.14. The van der Waals surface area contributed by atoms with Crippen LogP contribution < -0.4 is 4.74 Å². The Labute approximate surface area is 92.7 Å². The molecule has 0 unspecified atom stereocenters. The van der Waals surface area contributed by atoms with Gasteiger partial charge in [-0.15, -0.1) is 10.2 Å². The molecule has 2 aromatic rings. The monoisotopic (exact) mass is 221 g/mol. The summed E-state index contributed by atoms with van der Waals surface area (Å²) >= 11 is 0. The van der Waals surface area contributed by atoms with E-state index in [4.69, 9.17) is 4.74 Å². The Morgan fingerprint density at radius 3 is 2.88 bits per heavy atom. The van der Waals surface area contributed by atoms with E-state index in [9.17, 15) is 4.39 Å². The number of hydrogen-bond donors (Lipinski definition) is 0. The van der Waals surface area contributed by atoms with Gasteiger partial charge in [0.25, 0.3) is 0 Å². The summed E-state index contributed by atoms with van der Waals surface area (Å²) in [4.78, 5) is 0. The Bertz CT molecular complexity index is 496. The molecule has 0 atom stereocenters. The topological polar surface area (TPSA) is 39.9 Å². The van der Waals surface area contributed by atoms with Crippen LogP contribution in [-0.4, -0.2) is 21.9 Å². The van der Waals surface area contributed by atoms with Crippen molar-refractivity contribution in [3.05, 3.63) is 30.3 Å². The van der Waals surface area contributed by atoms with E-state index in [1.54, 1.807) is 18.5 Å². The van der Waals surface area contributed by atoms with E-state index >= 15 is 0 Å². The molecule has 0 saturated carbocycles. The quantitative estimate of drug-likeness (QED) is 0.797. The van der Waals surface area contributed by atoms with Crippen molar-refractivity contribution in [3.63, 3.8) is 0 Å². The Morgan fingerprint density at radius 1 is 1.44 bits per heavy atom. The van der Waals surface area contributed by atoms with Gasteiger partial charge in [-0.1, -0.05) is 0 Å². The van der Waals surface area contributed by atoms with Crippen molar-refractivity contribution in [1.82, 2.24) is 14.8 Å². The highest BCUT2D eigenvalue weighted by atomic mass is 19.1. The number of halogens is 1. The first-order valence-electron chi connectivity index (χ1n) is 4.98. The van der Waals surface area contributed by atoms with Gasteiger partial charge in [0.05, 0.1) is 7.11 Å². The van der Waals surface area contributed by atoms with Crippen molar-refractivity contribution in [2.24, 2.45) is 0 Å². The van der Waals surface area contributed by atoms with E-state index in [0.29, 0.717) is 11.4 Å². The smallest absolute Gasteiger partial charge is 0.165 e. The third-order valence-corrected chi connectivity index (χ3v) is 2.37. The minimum Gasteiger partial charge on any atom is -0.494 e. The van der Waals surface area contributed by atoms with Crippen LogP contribution in [0.3, 0.4) is 0 Å². The maximum atomic E-state index is 13.5. The maximum Gasteiger partial charge on any atom is 0.165 e. The van der Waals surface area contributed by atoms with Gasteiger partial charge in [0.1, 0.15) is 6.33 Å². The first-order valence-corrected chi connectivity index (χ1v) is 4.98. The molecule has 1 aromatic heterocycles. The summed E-state index contributed by atoms with van der Waals surface area (Å²) in [5.41, 5.74) is 0.692. The number of ether oxygens (including phenoxy) is 1. The normalized spacial score (nSPS) is 10.4. The summed E-state index contributed by atoms with van der Waals surface area (Å²) < 4.78 is 20.2. The van der Waals surface area contributed by atoms with Crippen LogP contribution in [-0.2, 0) is 6.54 Å². The minimum atomic E-state index is -0.398. The fourth-order valence-corrected chi connectivity index (χ4v) is 1.52. The summed E-state index contributed by atoms with van der Waals surface area (Å²) in [7, 11) is 1.44. The summed E-state index contributed by atoms with van der Waals surface area (Å²) in [5, 5.41) is 7.76. The molecule has 0 spiro atoms. The van der Waals surface area contributed by atoms with Gasteiger partial charge >= 0.3 is 0 Å². The lowest BCUT2D eigenvalue weighted by Gasteiger charge is -2.05.